The zero-order chi connectivity index (χ0) is 7.84. The Morgan fingerprint density at radius 3 is 3.18 bits per heavy atom. The van der Waals surface area contributed by atoms with E-state index in [1.165, 1.54) is 0 Å². The molecule has 0 N–H and O–H groups in total. The van der Waals surface area contributed by atoms with Crippen LogP contribution in [0.15, 0.2) is 18.2 Å². The fraction of sp³-hybridized carbons (Fsp3) is 0.222. The third kappa shape index (κ3) is 0.827. The first kappa shape index (κ1) is 6.40. The summed E-state index contributed by atoms with van der Waals surface area (Å²) >= 11 is 0. The third-order valence-electron chi connectivity index (χ3n) is 1.98. The van der Waals surface area contributed by atoms with Crippen LogP contribution < -0.4 is 4.90 Å². The second-order valence-electron chi connectivity index (χ2n) is 2.66. The van der Waals surface area contributed by atoms with E-state index < -0.39 is 0 Å². The molecule has 2 heteroatoms. The van der Waals surface area contributed by atoms with Crippen molar-refractivity contribution in [3.63, 3.8) is 0 Å². The molecular formula is C9H8NO. The number of carbonyl (C=O) groups excluding carboxylic acids is 1. The average molecular weight is 146 g/mol. The summed E-state index contributed by atoms with van der Waals surface area (Å²) in [4.78, 5) is 12.8. The lowest BCUT2D eigenvalue weighted by Crippen LogP contribution is -2.20. The quantitative estimate of drug-likeness (QED) is 0.534. The minimum Gasteiger partial charge on any atom is -0.315 e. The smallest absolute Gasteiger partial charge is 0.231 e. The van der Waals surface area contributed by atoms with Crippen LogP contribution in [-0.4, -0.2) is 13.0 Å². The summed E-state index contributed by atoms with van der Waals surface area (Å²) in [7, 11) is 1.79. The predicted octanol–water partition coefficient (Wildman–Crippen LogP) is 1.01. The van der Waals surface area contributed by atoms with Gasteiger partial charge in [-0.25, -0.2) is 0 Å². The molecule has 11 heavy (non-hydrogen) atoms. The number of likely N-dealkylation sites (N-methyl/N-ethyl adjacent to an activating group) is 1. The Morgan fingerprint density at radius 1 is 1.64 bits per heavy atom. The van der Waals surface area contributed by atoms with Crippen molar-refractivity contribution >= 4 is 11.6 Å². The molecule has 0 fully saturated rings. The van der Waals surface area contributed by atoms with Gasteiger partial charge in [0.15, 0.2) is 0 Å². The van der Waals surface area contributed by atoms with Crippen molar-refractivity contribution in [1.29, 1.82) is 0 Å². The maximum Gasteiger partial charge on any atom is 0.231 e. The van der Waals surface area contributed by atoms with E-state index in [9.17, 15) is 4.79 Å². The first-order valence-corrected chi connectivity index (χ1v) is 3.55. The monoisotopic (exact) mass is 146 g/mol. The van der Waals surface area contributed by atoms with E-state index in [1.807, 2.05) is 18.2 Å². The summed E-state index contributed by atoms with van der Waals surface area (Å²) in [5.41, 5.74) is 2.01. The summed E-state index contributed by atoms with van der Waals surface area (Å²) in [5.74, 6) is 0.155. The van der Waals surface area contributed by atoms with E-state index >= 15 is 0 Å². The van der Waals surface area contributed by atoms with Gasteiger partial charge in [0.25, 0.3) is 0 Å². The van der Waals surface area contributed by atoms with Crippen molar-refractivity contribution in [3.8, 4) is 0 Å². The van der Waals surface area contributed by atoms with Gasteiger partial charge in [-0.3, -0.25) is 4.79 Å². The molecule has 1 aromatic carbocycles. The number of fused-ring (bicyclic) bond motifs is 1. The number of hydrogen-bond donors (Lipinski definition) is 0. The highest BCUT2D eigenvalue weighted by molar-refractivity contribution is 6.00. The first-order chi connectivity index (χ1) is 5.29. The first-order valence-electron chi connectivity index (χ1n) is 3.55. The van der Waals surface area contributed by atoms with Crippen LogP contribution >= 0.6 is 0 Å². The van der Waals surface area contributed by atoms with Gasteiger partial charge in [-0.1, -0.05) is 12.1 Å². The summed E-state index contributed by atoms with van der Waals surface area (Å²) in [5, 5.41) is 0. The third-order valence-corrected chi connectivity index (χ3v) is 1.98. The average Bonchev–Trinajstić information content (AvgIpc) is 2.30. The minimum absolute atomic E-state index is 0.155. The van der Waals surface area contributed by atoms with Crippen LogP contribution in [-0.2, 0) is 11.2 Å². The van der Waals surface area contributed by atoms with Crippen LogP contribution in [0, 0.1) is 6.07 Å². The SMILES string of the molecule is CN1C(=O)Cc2[c]cccc21. The molecular weight excluding hydrogens is 138 g/mol. The molecule has 0 aromatic heterocycles. The molecule has 1 aromatic rings. The van der Waals surface area contributed by atoms with Crippen molar-refractivity contribution in [2.24, 2.45) is 0 Å². The summed E-state index contributed by atoms with van der Waals surface area (Å²) in [6, 6.07) is 8.72. The molecule has 55 valence electrons. The molecule has 1 aliphatic rings. The molecule has 1 amide bonds. The minimum atomic E-state index is 0.155. The predicted molar refractivity (Wildman–Crippen MR) is 42.4 cm³/mol. The van der Waals surface area contributed by atoms with Gasteiger partial charge in [0.2, 0.25) is 5.91 Å². The van der Waals surface area contributed by atoms with Crippen LogP contribution in [0.3, 0.4) is 0 Å². The summed E-state index contributed by atoms with van der Waals surface area (Å²) in [6.45, 7) is 0. The summed E-state index contributed by atoms with van der Waals surface area (Å²) in [6.07, 6.45) is 0.507. The Kier molecular flexibility index (Phi) is 1.22. The van der Waals surface area contributed by atoms with Gasteiger partial charge >= 0.3 is 0 Å². The van der Waals surface area contributed by atoms with E-state index in [2.05, 4.69) is 6.07 Å². The Hall–Kier alpha value is -1.31. The van der Waals surface area contributed by atoms with Crippen LogP contribution in [0.2, 0.25) is 0 Å². The largest absolute Gasteiger partial charge is 0.315 e. The normalized spacial score (nSPS) is 15.4. The molecule has 0 saturated heterocycles. The number of amides is 1. The highest BCUT2D eigenvalue weighted by atomic mass is 16.2. The Bertz CT molecular complexity index is 306. The number of benzene rings is 1. The van der Waals surface area contributed by atoms with Gasteiger partial charge in [-0.05, 0) is 17.7 Å². The van der Waals surface area contributed by atoms with Crippen LogP contribution in [0.4, 0.5) is 5.69 Å². The van der Waals surface area contributed by atoms with Gasteiger partial charge in [-0.2, -0.15) is 0 Å². The molecule has 0 spiro atoms. The fourth-order valence-electron chi connectivity index (χ4n) is 1.32. The van der Waals surface area contributed by atoms with Crippen molar-refractivity contribution in [2.45, 2.75) is 6.42 Å². The molecule has 0 saturated carbocycles. The van der Waals surface area contributed by atoms with E-state index in [4.69, 9.17) is 0 Å². The molecule has 0 atom stereocenters. The van der Waals surface area contributed by atoms with Gasteiger partial charge < -0.3 is 4.90 Å². The van der Waals surface area contributed by atoms with Gasteiger partial charge in [0.1, 0.15) is 0 Å². The lowest BCUT2D eigenvalue weighted by atomic mass is 10.2. The Balaban J connectivity index is 2.55. The molecule has 0 aliphatic carbocycles. The van der Waals surface area contributed by atoms with Crippen molar-refractivity contribution in [2.75, 3.05) is 11.9 Å². The Labute approximate surface area is 65.4 Å². The Morgan fingerprint density at radius 2 is 2.45 bits per heavy atom. The van der Waals surface area contributed by atoms with Gasteiger partial charge in [0.05, 0.1) is 6.42 Å². The number of carbonyl (C=O) groups is 1. The molecule has 1 heterocycles. The van der Waals surface area contributed by atoms with Crippen molar-refractivity contribution < 1.29 is 4.79 Å². The number of anilines is 1. The zero-order valence-electron chi connectivity index (χ0n) is 6.29. The summed E-state index contributed by atoms with van der Waals surface area (Å²) < 4.78 is 0. The lowest BCUT2D eigenvalue weighted by molar-refractivity contribution is -0.117. The lowest BCUT2D eigenvalue weighted by Gasteiger charge is -2.08. The van der Waals surface area contributed by atoms with E-state index in [-0.39, 0.29) is 5.91 Å². The van der Waals surface area contributed by atoms with Gasteiger partial charge in [0, 0.05) is 12.7 Å². The maximum absolute atomic E-state index is 11.1. The maximum atomic E-state index is 11.1. The molecule has 2 rings (SSSR count). The molecule has 2 nitrogen and oxygen atoms in total. The van der Waals surface area contributed by atoms with Crippen LogP contribution in [0.25, 0.3) is 0 Å². The highest BCUT2D eigenvalue weighted by Gasteiger charge is 2.22. The topological polar surface area (TPSA) is 20.3 Å². The van der Waals surface area contributed by atoms with Gasteiger partial charge in [-0.15, -0.1) is 0 Å². The molecule has 0 unspecified atom stereocenters. The van der Waals surface area contributed by atoms with Crippen LogP contribution in [0.1, 0.15) is 5.56 Å². The highest BCUT2D eigenvalue weighted by Crippen LogP contribution is 2.25. The zero-order valence-corrected chi connectivity index (χ0v) is 6.29. The second-order valence-corrected chi connectivity index (χ2v) is 2.66. The standard InChI is InChI=1S/C9H8NO/c1-10-8-5-3-2-4-7(8)6-9(10)11/h2-3,5H,6H2,1H3. The number of hydrogen-bond acceptors (Lipinski definition) is 1. The van der Waals surface area contributed by atoms with Crippen molar-refractivity contribution in [3.05, 3.63) is 29.8 Å². The number of rotatable bonds is 0. The van der Waals surface area contributed by atoms with E-state index in [0.29, 0.717) is 6.42 Å². The van der Waals surface area contributed by atoms with Crippen molar-refractivity contribution in [1.82, 2.24) is 0 Å². The van der Waals surface area contributed by atoms with Crippen LogP contribution in [0.5, 0.6) is 0 Å². The second kappa shape index (κ2) is 2.09. The molecule has 1 aliphatic heterocycles. The molecule has 1 radical (unpaired) electrons. The number of nitrogens with zero attached hydrogens (tertiary/aromatic N) is 1. The van der Waals surface area contributed by atoms with E-state index in [1.54, 1.807) is 11.9 Å². The molecule has 0 bridgehead atoms. The van der Waals surface area contributed by atoms with E-state index in [0.717, 1.165) is 11.3 Å². The fourth-order valence-corrected chi connectivity index (χ4v) is 1.32.